The third-order valence-electron chi connectivity index (χ3n) is 2.20. The highest BCUT2D eigenvalue weighted by molar-refractivity contribution is 6.36. The molecule has 2 aromatic rings. The fourth-order valence-electron chi connectivity index (χ4n) is 1.48. The van der Waals surface area contributed by atoms with Gasteiger partial charge < -0.3 is 10.2 Å². The molecule has 2 N–H and O–H groups in total. The van der Waals surface area contributed by atoms with Crippen LogP contribution in [0.3, 0.4) is 0 Å². The normalized spacial score (nSPS) is 10.6. The number of hydrogen-bond donors (Lipinski definition) is 2. The van der Waals surface area contributed by atoms with Crippen LogP contribution in [-0.2, 0) is 11.2 Å². The average molecular weight is 238 g/mol. The van der Waals surface area contributed by atoms with Crippen molar-refractivity contribution in [3.05, 3.63) is 35.0 Å². The van der Waals surface area contributed by atoms with Gasteiger partial charge in [-0.05, 0) is 12.1 Å². The molecule has 1 aromatic carbocycles. The van der Waals surface area contributed by atoms with Gasteiger partial charge in [0.1, 0.15) is 5.75 Å². The summed E-state index contributed by atoms with van der Waals surface area (Å²) in [5, 5.41) is 18.9. The van der Waals surface area contributed by atoms with Crippen molar-refractivity contribution in [3.63, 3.8) is 0 Å². The van der Waals surface area contributed by atoms with E-state index in [1.54, 1.807) is 6.07 Å². The molecular formula is C11H8ClNO3. The number of aliphatic carboxylic acids is 1. The maximum absolute atomic E-state index is 10.6. The van der Waals surface area contributed by atoms with Gasteiger partial charge in [-0.15, -0.1) is 0 Å². The van der Waals surface area contributed by atoms with E-state index in [-0.39, 0.29) is 12.2 Å². The smallest absolute Gasteiger partial charge is 0.307 e. The lowest BCUT2D eigenvalue weighted by molar-refractivity contribution is -0.136. The van der Waals surface area contributed by atoms with E-state index in [1.807, 2.05) is 0 Å². The Labute approximate surface area is 96.1 Å². The first kappa shape index (κ1) is 10.7. The van der Waals surface area contributed by atoms with Gasteiger partial charge in [0.25, 0.3) is 0 Å². The fourth-order valence-corrected chi connectivity index (χ4v) is 1.75. The van der Waals surface area contributed by atoms with Crippen molar-refractivity contribution in [2.24, 2.45) is 0 Å². The van der Waals surface area contributed by atoms with Gasteiger partial charge in [0.15, 0.2) is 0 Å². The molecule has 0 saturated heterocycles. The maximum atomic E-state index is 10.6. The minimum atomic E-state index is -0.957. The number of hydrogen-bond acceptors (Lipinski definition) is 3. The molecule has 0 spiro atoms. The minimum Gasteiger partial charge on any atom is -0.508 e. The van der Waals surface area contributed by atoms with Crippen LogP contribution in [0, 0.1) is 0 Å². The van der Waals surface area contributed by atoms with Gasteiger partial charge >= 0.3 is 5.97 Å². The van der Waals surface area contributed by atoms with Crippen LogP contribution in [0.2, 0.25) is 5.02 Å². The summed E-state index contributed by atoms with van der Waals surface area (Å²) < 4.78 is 0. The number of pyridine rings is 1. The number of carbonyl (C=O) groups is 1. The highest BCUT2D eigenvalue weighted by Gasteiger charge is 2.10. The molecule has 1 heterocycles. The molecule has 2 rings (SSSR count). The number of benzene rings is 1. The second kappa shape index (κ2) is 3.98. The summed E-state index contributed by atoms with van der Waals surface area (Å²) in [6, 6.07) is 4.58. The van der Waals surface area contributed by atoms with Crippen LogP contribution in [0.4, 0.5) is 0 Å². The second-order valence-corrected chi connectivity index (χ2v) is 3.75. The number of carboxylic acid groups (broad SMARTS) is 1. The number of rotatable bonds is 2. The zero-order valence-electron chi connectivity index (χ0n) is 8.14. The number of carboxylic acids is 1. The van der Waals surface area contributed by atoms with Crippen molar-refractivity contribution in [2.45, 2.75) is 6.42 Å². The standard InChI is InChI=1S/C11H8ClNO3/c12-11-6(3-10(15)16)5-13-9-4-7(14)1-2-8(9)11/h1-2,4-5,14H,3H2,(H,15,16). The van der Waals surface area contributed by atoms with Crippen LogP contribution in [-0.4, -0.2) is 21.2 Å². The summed E-state index contributed by atoms with van der Waals surface area (Å²) in [6.45, 7) is 0. The summed E-state index contributed by atoms with van der Waals surface area (Å²) in [4.78, 5) is 14.6. The summed E-state index contributed by atoms with van der Waals surface area (Å²) >= 11 is 6.05. The molecule has 0 aliphatic heterocycles. The molecule has 4 nitrogen and oxygen atoms in total. The lowest BCUT2D eigenvalue weighted by atomic mass is 10.1. The van der Waals surface area contributed by atoms with Crippen LogP contribution < -0.4 is 0 Å². The zero-order chi connectivity index (χ0) is 11.7. The molecule has 1 aromatic heterocycles. The monoisotopic (exact) mass is 237 g/mol. The Morgan fingerprint density at radius 1 is 1.44 bits per heavy atom. The zero-order valence-corrected chi connectivity index (χ0v) is 8.90. The van der Waals surface area contributed by atoms with Crippen LogP contribution in [0.25, 0.3) is 10.9 Å². The Balaban J connectivity index is 2.60. The van der Waals surface area contributed by atoms with Crippen LogP contribution in [0.5, 0.6) is 5.75 Å². The molecule has 82 valence electrons. The number of fused-ring (bicyclic) bond motifs is 1. The summed E-state index contributed by atoms with van der Waals surface area (Å²) in [5.74, 6) is -0.858. The molecule has 0 fully saturated rings. The molecule has 0 unspecified atom stereocenters. The minimum absolute atomic E-state index is 0.0991. The molecule has 0 bridgehead atoms. The topological polar surface area (TPSA) is 70.4 Å². The van der Waals surface area contributed by atoms with Crippen LogP contribution in [0.1, 0.15) is 5.56 Å². The maximum Gasteiger partial charge on any atom is 0.307 e. The van der Waals surface area contributed by atoms with E-state index in [4.69, 9.17) is 16.7 Å². The summed E-state index contributed by atoms with van der Waals surface area (Å²) in [7, 11) is 0. The lowest BCUT2D eigenvalue weighted by Gasteiger charge is -2.05. The average Bonchev–Trinajstić information content (AvgIpc) is 2.22. The van der Waals surface area contributed by atoms with Gasteiger partial charge in [-0.1, -0.05) is 11.6 Å². The largest absolute Gasteiger partial charge is 0.508 e. The molecule has 0 aliphatic rings. The van der Waals surface area contributed by atoms with Crippen molar-refractivity contribution in [2.75, 3.05) is 0 Å². The van der Waals surface area contributed by atoms with Gasteiger partial charge in [0, 0.05) is 23.2 Å². The van der Waals surface area contributed by atoms with Crippen molar-refractivity contribution in [1.82, 2.24) is 4.98 Å². The molecule has 0 saturated carbocycles. The van der Waals surface area contributed by atoms with E-state index < -0.39 is 5.97 Å². The van der Waals surface area contributed by atoms with E-state index in [1.165, 1.54) is 18.3 Å². The highest BCUT2D eigenvalue weighted by atomic mass is 35.5. The van der Waals surface area contributed by atoms with Crippen molar-refractivity contribution in [3.8, 4) is 5.75 Å². The Bertz CT molecular complexity index is 568. The Morgan fingerprint density at radius 3 is 2.88 bits per heavy atom. The number of aromatic nitrogens is 1. The van der Waals surface area contributed by atoms with Gasteiger partial charge in [-0.2, -0.15) is 0 Å². The number of aromatic hydroxyl groups is 1. The fraction of sp³-hybridized carbons (Fsp3) is 0.0909. The molecular weight excluding hydrogens is 230 g/mol. The van der Waals surface area contributed by atoms with E-state index in [2.05, 4.69) is 4.98 Å². The van der Waals surface area contributed by atoms with Crippen molar-refractivity contribution < 1.29 is 15.0 Å². The van der Waals surface area contributed by atoms with Crippen molar-refractivity contribution >= 4 is 28.5 Å². The van der Waals surface area contributed by atoms with Crippen LogP contribution >= 0.6 is 11.6 Å². The SMILES string of the molecule is O=C(O)Cc1cnc2cc(O)ccc2c1Cl. The van der Waals surface area contributed by atoms with Gasteiger partial charge in [0.2, 0.25) is 0 Å². The predicted octanol–water partition coefficient (Wildman–Crippen LogP) is 2.22. The highest BCUT2D eigenvalue weighted by Crippen LogP contribution is 2.28. The van der Waals surface area contributed by atoms with Gasteiger partial charge in [-0.3, -0.25) is 9.78 Å². The molecule has 0 aliphatic carbocycles. The third-order valence-corrected chi connectivity index (χ3v) is 2.65. The third kappa shape index (κ3) is 1.92. The first-order valence-corrected chi connectivity index (χ1v) is 4.93. The molecule has 5 heteroatoms. The molecule has 0 amide bonds. The predicted molar refractivity (Wildman–Crippen MR) is 59.8 cm³/mol. The summed E-state index contributed by atoms with van der Waals surface area (Å²) in [6.07, 6.45) is 1.25. The number of halogens is 1. The van der Waals surface area contributed by atoms with Crippen LogP contribution in [0.15, 0.2) is 24.4 Å². The molecule has 16 heavy (non-hydrogen) atoms. The Morgan fingerprint density at radius 2 is 2.19 bits per heavy atom. The first-order valence-electron chi connectivity index (χ1n) is 4.56. The molecule has 0 atom stereocenters. The molecule has 0 radical (unpaired) electrons. The van der Waals surface area contributed by atoms with Gasteiger partial charge in [0.05, 0.1) is 17.0 Å². The van der Waals surface area contributed by atoms with E-state index in [9.17, 15) is 9.90 Å². The van der Waals surface area contributed by atoms with E-state index >= 15 is 0 Å². The first-order chi connectivity index (χ1) is 7.58. The number of phenols is 1. The second-order valence-electron chi connectivity index (χ2n) is 3.37. The number of nitrogens with zero attached hydrogens (tertiary/aromatic N) is 1. The lowest BCUT2D eigenvalue weighted by Crippen LogP contribution is -2.01. The Hall–Kier alpha value is -1.81. The summed E-state index contributed by atoms with van der Waals surface area (Å²) in [5.41, 5.74) is 1.01. The van der Waals surface area contributed by atoms with E-state index in [0.29, 0.717) is 21.5 Å². The van der Waals surface area contributed by atoms with E-state index in [0.717, 1.165) is 0 Å². The Kier molecular flexibility index (Phi) is 2.66. The van der Waals surface area contributed by atoms with Gasteiger partial charge in [-0.25, -0.2) is 0 Å². The quantitative estimate of drug-likeness (QED) is 0.840. The number of phenolic OH excluding ortho intramolecular Hbond substituents is 1. The van der Waals surface area contributed by atoms with Crippen molar-refractivity contribution in [1.29, 1.82) is 0 Å².